The van der Waals surface area contributed by atoms with Crippen LogP contribution in [0.25, 0.3) is 11.1 Å². The van der Waals surface area contributed by atoms with Crippen LogP contribution in [0.1, 0.15) is 52.4 Å². The van der Waals surface area contributed by atoms with Gasteiger partial charge in [0.2, 0.25) is 0 Å². The Labute approximate surface area is 180 Å². The summed E-state index contributed by atoms with van der Waals surface area (Å²) in [5.41, 5.74) is 7.16. The molecule has 0 bridgehead atoms. The number of benzene rings is 3. The highest BCUT2D eigenvalue weighted by Gasteiger charge is 2.22. The first-order valence-electron chi connectivity index (χ1n) is 9.56. The molecule has 0 aliphatic heterocycles. The topological polar surface area (TPSA) is 37.3 Å². The Morgan fingerprint density at radius 1 is 0.897 bits per heavy atom. The van der Waals surface area contributed by atoms with Gasteiger partial charge in [0, 0.05) is 15.6 Å². The predicted octanol–water partition coefficient (Wildman–Crippen LogP) is 7.20. The summed E-state index contributed by atoms with van der Waals surface area (Å²) in [4.78, 5) is 11.9. The van der Waals surface area contributed by atoms with Crippen molar-refractivity contribution in [2.24, 2.45) is 0 Å². The zero-order chi connectivity index (χ0) is 20.5. The van der Waals surface area contributed by atoms with E-state index in [-0.39, 0.29) is 11.5 Å². The Morgan fingerprint density at radius 2 is 1.62 bits per heavy atom. The second kappa shape index (κ2) is 8.06. The molecule has 1 aliphatic carbocycles. The van der Waals surface area contributed by atoms with Crippen molar-refractivity contribution < 1.29 is 9.90 Å². The fourth-order valence-electron chi connectivity index (χ4n) is 3.97. The fourth-order valence-corrected chi connectivity index (χ4v) is 4.49. The Kier molecular flexibility index (Phi) is 5.49. The number of allylic oxidation sites excluding steroid dienone is 1. The second-order valence-electron chi connectivity index (χ2n) is 7.31. The fraction of sp³-hybridized carbons (Fsp3) is 0.160. The van der Waals surface area contributed by atoms with Gasteiger partial charge in [0.05, 0.1) is 0 Å². The van der Waals surface area contributed by atoms with Gasteiger partial charge < -0.3 is 5.11 Å². The van der Waals surface area contributed by atoms with E-state index in [0.29, 0.717) is 10.0 Å². The zero-order valence-electron chi connectivity index (χ0n) is 16.0. The van der Waals surface area contributed by atoms with Crippen LogP contribution in [0.4, 0.5) is 0 Å². The number of aryl methyl sites for hydroxylation is 1. The minimum Gasteiger partial charge on any atom is -0.508 e. The third kappa shape index (κ3) is 3.96. The molecule has 0 atom stereocenters. The van der Waals surface area contributed by atoms with Crippen molar-refractivity contribution >= 4 is 40.1 Å². The van der Waals surface area contributed by atoms with Crippen LogP contribution in [0.15, 0.2) is 60.7 Å². The molecule has 0 saturated heterocycles. The lowest BCUT2D eigenvalue weighted by Gasteiger charge is -2.18. The largest absolute Gasteiger partial charge is 0.508 e. The van der Waals surface area contributed by atoms with Gasteiger partial charge in [-0.1, -0.05) is 53.5 Å². The summed E-state index contributed by atoms with van der Waals surface area (Å²) in [6.45, 7) is 1.59. The van der Waals surface area contributed by atoms with Crippen molar-refractivity contribution in [3.05, 3.63) is 98.5 Å². The van der Waals surface area contributed by atoms with E-state index in [2.05, 4.69) is 0 Å². The predicted molar refractivity (Wildman–Crippen MR) is 120 cm³/mol. The Bertz CT molecular complexity index is 1130. The van der Waals surface area contributed by atoms with Gasteiger partial charge in [0.1, 0.15) is 5.75 Å². The van der Waals surface area contributed by atoms with Gasteiger partial charge in [0.15, 0.2) is 5.78 Å². The number of phenolic OH excluding ortho intramolecular Hbond substituents is 1. The minimum atomic E-state index is 0.0631. The number of Topliss-reactive ketones (excluding diaryl/α,β-unsaturated/α-hetero) is 1. The lowest BCUT2D eigenvalue weighted by atomic mass is 9.87. The van der Waals surface area contributed by atoms with E-state index in [1.54, 1.807) is 25.1 Å². The van der Waals surface area contributed by atoms with Crippen LogP contribution in [0.5, 0.6) is 5.75 Å². The monoisotopic (exact) mass is 422 g/mol. The standard InChI is InChI=1S/C25H20Cl2O2/c1-15(28)17-7-11-21-18(13-17)3-2-4-23(22-12-8-19(26)14-24(22)27)25(21)16-5-9-20(29)10-6-16/h5-14,29H,2-4H2,1H3. The first-order valence-corrected chi connectivity index (χ1v) is 10.3. The van der Waals surface area contributed by atoms with Crippen molar-refractivity contribution in [3.8, 4) is 5.75 Å². The first-order chi connectivity index (χ1) is 13.9. The number of rotatable bonds is 3. The van der Waals surface area contributed by atoms with Crippen molar-refractivity contribution in [3.63, 3.8) is 0 Å². The number of ketones is 1. The molecule has 4 rings (SSSR count). The third-order valence-corrected chi connectivity index (χ3v) is 5.92. The third-order valence-electron chi connectivity index (χ3n) is 5.37. The number of carbonyl (C=O) groups is 1. The molecule has 29 heavy (non-hydrogen) atoms. The van der Waals surface area contributed by atoms with Gasteiger partial charge in [-0.3, -0.25) is 4.79 Å². The molecular weight excluding hydrogens is 403 g/mol. The Morgan fingerprint density at radius 3 is 2.31 bits per heavy atom. The quantitative estimate of drug-likeness (QED) is 0.453. The van der Waals surface area contributed by atoms with Crippen LogP contribution in [-0.2, 0) is 6.42 Å². The zero-order valence-corrected chi connectivity index (χ0v) is 17.5. The number of phenols is 1. The molecule has 0 fully saturated rings. The number of halogens is 2. The van der Waals surface area contributed by atoms with Gasteiger partial charge in [-0.15, -0.1) is 0 Å². The van der Waals surface area contributed by atoms with Crippen LogP contribution in [0.3, 0.4) is 0 Å². The molecule has 4 heteroatoms. The van der Waals surface area contributed by atoms with Crippen molar-refractivity contribution in [2.75, 3.05) is 0 Å². The molecule has 1 N–H and O–H groups in total. The Balaban J connectivity index is 2.02. The molecule has 146 valence electrons. The molecule has 0 amide bonds. The van der Waals surface area contributed by atoms with E-state index in [9.17, 15) is 9.90 Å². The summed E-state index contributed by atoms with van der Waals surface area (Å²) in [6, 6.07) is 18.7. The molecule has 0 spiro atoms. The molecule has 0 unspecified atom stereocenters. The summed E-state index contributed by atoms with van der Waals surface area (Å²) in [6.07, 6.45) is 2.68. The van der Waals surface area contributed by atoms with Crippen LogP contribution in [-0.4, -0.2) is 10.9 Å². The van der Waals surface area contributed by atoms with E-state index in [4.69, 9.17) is 23.2 Å². The summed E-state index contributed by atoms with van der Waals surface area (Å²) in [5.74, 6) is 0.286. The van der Waals surface area contributed by atoms with Gasteiger partial charge in [0.25, 0.3) is 0 Å². The van der Waals surface area contributed by atoms with Crippen molar-refractivity contribution in [2.45, 2.75) is 26.2 Å². The number of hydrogen-bond donors (Lipinski definition) is 1. The van der Waals surface area contributed by atoms with Crippen LogP contribution in [0, 0.1) is 0 Å². The summed E-state index contributed by atoms with van der Waals surface area (Å²) in [5, 5.41) is 11.0. The van der Waals surface area contributed by atoms with Crippen LogP contribution >= 0.6 is 23.2 Å². The molecule has 0 saturated carbocycles. The van der Waals surface area contributed by atoms with Crippen molar-refractivity contribution in [1.29, 1.82) is 0 Å². The van der Waals surface area contributed by atoms with Gasteiger partial charge in [-0.05, 0) is 89.9 Å². The van der Waals surface area contributed by atoms with Gasteiger partial charge in [-0.2, -0.15) is 0 Å². The maximum absolute atomic E-state index is 11.9. The SMILES string of the molecule is CC(=O)c1ccc2c(c1)CCCC(c1ccc(Cl)cc1Cl)=C2c1ccc(O)cc1. The molecule has 2 nitrogen and oxygen atoms in total. The average molecular weight is 423 g/mol. The first kappa shape index (κ1) is 19.8. The Hall–Kier alpha value is -2.55. The maximum atomic E-state index is 11.9. The lowest BCUT2D eigenvalue weighted by molar-refractivity contribution is 0.101. The van der Waals surface area contributed by atoms with Crippen LogP contribution < -0.4 is 0 Å². The highest BCUT2D eigenvalue weighted by Crippen LogP contribution is 2.42. The van der Waals surface area contributed by atoms with E-state index in [1.165, 1.54) is 0 Å². The summed E-state index contributed by atoms with van der Waals surface area (Å²) >= 11 is 12.7. The van der Waals surface area contributed by atoms with Gasteiger partial charge in [-0.25, -0.2) is 0 Å². The highest BCUT2D eigenvalue weighted by molar-refractivity contribution is 6.36. The number of aromatic hydroxyl groups is 1. The number of fused-ring (bicyclic) bond motifs is 1. The number of hydrogen-bond acceptors (Lipinski definition) is 2. The van der Waals surface area contributed by atoms with Crippen molar-refractivity contribution in [1.82, 2.24) is 0 Å². The van der Waals surface area contributed by atoms with E-state index < -0.39 is 0 Å². The average Bonchev–Trinajstić information content (AvgIpc) is 2.87. The number of carbonyl (C=O) groups excluding carboxylic acids is 1. The summed E-state index contributed by atoms with van der Waals surface area (Å²) in [7, 11) is 0. The molecule has 3 aromatic rings. The van der Waals surface area contributed by atoms with Gasteiger partial charge >= 0.3 is 0 Å². The molecule has 0 heterocycles. The smallest absolute Gasteiger partial charge is 0.159 e. The highest BCUT2D eigenvalue weighted by atomic mass is 35.5. The van der Waals surface area contributed by atoms with E-state index in [1.807, 2.05) is 42.5 Å². The van der Waals surface area contributed by atoms with E-state index >= 15 is 0 Å². The molecule has 3 aromatic carbocycles. The molecular formula is C25H20Cl2O2. The lowest BCUT2D eigenvalue weighted by Crippen LogP contribution is -2.00. The summed E-state index contributed by atoms with van der Waals surface area (Å²) < 4.78 is 0. The molecule has 0 radical (unpaired) electrons. The normalized spacial score (nSPS) is 13.8. The minimum absolute atomic E-state index is 0.0631. The second-order valence-corrected chi connectivity index (χ2v) is 8.15. The maximum Gasteiger partial charge on any atom is 0.159 e. The van der Waals surface area contributed by atoms with E-state index in [0.717, 1.165) is 58.2 Å². The molecule has 1 aliphatic rings. The molecule has 0 aromatic heterocycles. The van der Waals surface area contributed by atoms with Crippen LogP contribution in [0.2, 0.25) is 10.0 Å².